The Morgan fingerprint density at radius 3 is 2.90 bits per heavy atom. The predicted octanol–water partition coefficient (Wildman–Crippen LogP) is 2.62. The predicted molar refractivity (Wildman–Crippen MR) is 73.5 cm³/mol. The number of nitrogens with one attached hydrogen (secondary N) is 1. The van der Waals surface area contributed by atoms with Crippen LogP contribution in [0.3, 0.4) is 0 Å². The summed E-state index contributed by atoms with van der Waals surface area (Å²) < 4.78 is 37.1. The summed E-state index contributed by atoms with van der Waals surface area (Å²) in [6.45, 7) is -0.803. The van der Waals surface area contributed by atoms with E-state index >= 15 is 0 Å². The molecule has 0 radical (unpaired) electrons. The number of anilines is 1. The molecule has 1 saturated heterocycles. The van der Waals surface area contributed by atoms with Gasteiger partial charge in [-0.25, -0.2) is 4.68 Å². The third kappa shape index (κ3) is 4.05. The normalized spacial score (nSPS) is 19.3. The van der Waals surface area contributed by atoms with Crippen molar-refractivity contribution >= 4 is 29.1 Å². The summed E-state index contributed by atoms with van der Waals surface area (Å²) in [5, 5.41) is 6.23. The van der Waals surface area contributed by atoms with Gasteiger partial charge in [-0.15, -0.1) is 0 Å². The Bertz CT molecular complexity index is 529. The van der Waals surface area contributed by atoms with Crippen molar-refractivity contribution < 1.29 is 13.2 Å². The van der Waals surface area contributed by atoms with Gasteiger partial charge < -0.3 is 5.32 Å². The maximum absolute atomic E-state index is 12.2. The largest absolute Gasteiger partial charge is 0.408 e. The number of thioether (sulfide) groups is 1. The van der Waals surface area contributed by atoms with Crippen molar-refractivity contribution in [2.24, 2.45) is 5.92 Å². The summed E-state index contributed by atoms with van der Waals surface area (Å²) in [6.07, 6.45) is -2.26. The zero-order valence-electron chi connectivity index (χ0n) is 10.4. The summed E-state index contributed by atoms with van der Waals surface area (Å²) in [6, 6.07) is 0. The van der Waals surface area contributed by atoms with Crippen molar-refractivity contribution in [2.45, 2.75) is 19.1 Å². The van der Waals surface area contributed by atoms with Crippen LogP contribution in [0.25, 0.3) is 0 Å². The summed E-state index contributed by atoms with van der Waals surface area (Å²) in [4.78, 5) is 11.7. The van der Waals surface area contributed by atoms with Crippen LogP contribution >= 0.6 is 23.4 Å². The third-order valence-electron chi connectivity index (χ3n) is 2.92. The van der Waals surface area contributed by atoms with Crippen molar-refractivity contribution in [3.05, 3.63) is 21.6 Å². The number of aromatic nitrogens is 2. The van der Waals surface area contributed by atoms with Crippen molar-refractivity contribution in [1.29, 1.82) is 0 Å². The standard InChI is InChI=1S/C11H13ClF3N3OS/c12-9-8(16-3-7-1-2-20-5-7)4-17-18(10(9)19)6-11(13,14)15/h4,7,16H,1-3,5-6H2. The number of nitrogens with zero attached hydrogens (tertiary/aromatic N) is 2. The third-order valence-corrected chi connectivity index (χ3v) is 4.52. The Hall–Kier alpha value is -0.890. The zero-order valence-corrected chi connectivity index (χ0v) is 12.0. The molecule has 4 nitrogen and oxygen atoms in total. The molecular weight excluding hydrogens is 315 g/mol. The van der Waals surface area contributed by atoms with Gasteiger partial charge >= 0.3 is 6.18 Å². The molecule has 0 bridgehead atoms. The molecule has 1 aromatic rings. The Labute approximate surface area is 122 Å². The van der Waals surface area contributed by atoms with E-state index in [0.717, 1.165) is 24.1 Å². The lowest BCUT2D eigenvalue weighted by molar-refractivity contribution is -0.143. The molecule has 20 heavy (non-hydrogen) atoms. The molecule has 1 atom stereocenters. The van der Waals surface area contributed by atoms with E-state index in [-0.39, 0.29) is 10.7 Å². The van der Waals surface area contributed by atoms with Gasteiger partial charge in [0.1, 0.15) is 11.6 Å². The SMILES string of the molecule is O=c1c(Cl)c(NCC2CCSC2)cnn1CC(F)(F)F. The average Bonchev–Trinajstić information content (AvgIpc) is 2.86. The van der Waals surface area contributed by atoms with Gasteiger partial charge in [-0.3, -0.25) is 4.79 Å². The molecule has 1 aliphatic rings. The van der Waals surface area contributed by atoms with E-state index in [2.05, 4.69) is 10.4 Å². The lowest BCUT2D eigenvalue weighted by Crippen LogP contribution is -2.31. The smallest absolute Gasteiger partial charge is 0.382 e. The van der Waals surface area contributed by atoms with Crippen LogP contribution < -0.4 is 10.9 Å². The number of hydrogen-bond acceptors (Lipinski definition) is 4. The number of rotatable bonds is 4. The molecule has 0 saturated carbocycles. The molecular formula is C11H13ClF3N3OS. The van der Waals surface area contributed by atoms with Crippen molar-refractivity contribution in [3.63, 3.8) is 0 Å². The highest BCUT2D eigenvalue weighted by Gasteiger charge is 2.29. The first-order valence-corrected chi connectivity index (χ1v) is 7.54. The van der Waals surface area contributed by atoms with E-state index in [4.69, 9.17) is 11.6 Å². The van der Waals surface area contributed by atoms with Crippen LogP contribution in [0.2, 0.25) is 5.02 Å². The minimum absolute atomic E-state index is 0.255. The van der Waals surface area contributed by atoms with Crippen LogP contribution in [0, 0.1) is 5.92 Å². The summed E-state index contributed by atoms with van der Waals surface area (Å²) in [7, 11) is 0. The second-order valence-electron chi connectivity index (χ2n) is 4.56. The van der Waals surface area contributed by atoms with Gasteiger partial charge in [0, 0.05) is 6.54 Å². The summed E-state index contributed by atoms with van der Waals surface area (Å²) in [5.74, 6) is 2.61. The highest BCUT2D eigenvalue weighted by atomic mass is 35.5. The van der Waals surface area contributed by atoms with E-state index < -0.39 is 18.3 Å². The molecule has 112 valence electrons. The van der Waals surface area contributed by atoms with Gasteiger partial charge in [-0.1, -0.05) is 11.6 Å². The fourth-order valence-electron chi connectivity index (χ4n) is 1.87. The lowest BCUT2D eigenvalue weighted by Gasteiger charge is -2.13. The van der Waals surface area contributed by atoms with Crippen LogP contribution in [0.5, 0.6) is 0 Å². The Morgan fingerprint density at radius 2 is 2.30 bits per heavy atom. The van der Waals surface area contributed by atoms with E-state index in [1.807, 2.05) is 11.8 Å². The lowest BCUT2D eigenvalue weighted by atomic mass is 10.1. The van der Waals surface area contributed by atoms with E-state index in [1.54, 1.807) is 0 Å². The fraction of sp³-hybridized carbons (Fsp3) is 0.636. The molecule has 1 fully saturated rings. The average molecular weight is 328 g/mol. The van der Waals surface area contributed by atoms with Crippen LogP contribution in [0.1, 0.15) is 6.42 Å². The van der Waals surface area contributed by atoms with E-state index in [9.17, 15) is 18.0 Å². The van der Waals surface area contributed by atoms with Crippen LogP contribution in [0.4, 0.5) is 18.9 Å². The quantitative estimate of drug-likeness (QED) is 0.923. The first-order chi connectivity index (χ1) is 9.37. The molecule has 1 aliphatic heterocycles. The summed E-state index contributed by atoms with van der Waals surface area (Å²) >= 11 is 7.66. The number of alkyl halides is 3. The van der Waals surface area contributed by atoms with E-state index in [1.165, 1.54) is 0 Å². The molecule has 1 unspecified atom stereocenters. The van der Waals surface area contributed by atoms with E-state index in [0.29, 0.717) is 17.1 Å². The maximum Gasteiger partial charge on any atom is 0.408 e. The van der Waals surface area contributed by atoms with Crippen LogP contribution in [-0.4, -0.2) is 34.0 Å². The zero-order chi connectivity index (χ0) is 14.8. The Kier molecular flexibility index (Phi) is 4.85. The molecule has 0 amide bonds. The molecule has 0 spiro atoms. The molecule has 0 aliphatic carbocycles. The highest BCUT2D eigenvalue weighted by Crippen LogP contribution is 2.25. The fourth-order valence-corrected chi connectivity index (χ4v) is 3.37. The van der Waals surface area contributed by atoms with Crippen LogP contribution in [-0.2, 0) is 6.54 Å². The first kappa shape index (κ1) is 15.5. The van der Waals surface area contributed by atoms with Gasteiger partial charge in [0.15, 0.2) is 0 Å². The summed E-state index contributed by atoms with van der Waals surface area (Å²) in [5.41, 5.74) is -0.651. The maximum atomic E-state index is 12.2. The molecule has 9 heteroatoms. The number of halogens is 4. The van der Waals surface area contributed by atoms with Crippen LogP contribution in [0.15, 0.2) is 11.0 Å². The number of hydrogen-bond donors (Lipinski definition) is 1. The molecule has 2 rings (SSSR count). The second-order valence-corrected chi connectivity index (χ2v) is 6.09. The minimum atomic E-state index is -4.50. The molecule has 0 aromatic carbocycles. The molecule has 1 N–H and O–H groups in total. The van der Waals surface area contributed by atoms with Gasteiger partial charge in [-0.2, -0.15) is 30.0 Å². The van der Waals surface area contributed by atoms with Crippen molar-refractivity contribution in [1.82, 2.24) is 9.78 Å². The van der Waals surface area contributed by atoms with Crippen molar-refractivity contribution in [3.8, 4) is 0 Å². The van der Waals surface area contributed by atoms with Gasteiger partial charge in [0.2, 0.25) is 0 Å². The Morgan fingerprint density at radius 1 is 1.55 bits per heavy atom. The topological polar surface area (TPSA) is 46.9 Å². The van der Waals surface area contributed by atoms with Gasteiger partial charge in [0.05, 0.1) is 11.9 Å². The van der Waals surface area contributed by atoms with Gasteiger partial charge in [-0.05, 0) is 23.8 Å². The Balaban J connectivity index is 2.07. The highest BCUT2D eigenvalue weighted by molar-refractivity contribution is 7.99. The molecule has 1 aromatic heterocycles. The van der Waals surface area contributed by atoms with Gasteiger partial charge in [0.25, 0.3) is 5.56 Å². The van der Waals surface area contributed by atoms with Crippen molar-refractivity contribution in [2.75, 3.05) is 23.4 Å². The first-order valence-electron chi connectivity index (χ1n) is 6.01. The monoisotopic (exact) mass is 327 g/mol. The second kappa shape index (κ2) is 6.26. The minimum Gasteiger partial charge on any atom is -0.382 e. The molecule has 2 heterocycles.